The second-order valence-corrected chi connectivity index (χ2v) is 8.51. The average molecular weight is 399 g/mol. The molecule has 124 valence electrons. The van der Waals surface area contributed by atoms with Crippen LogP contribution in [0.25, 0.3) is 0 Å². The largest absolute Gasteiger partial charge is 0.495 e. The van der Waals surface area contributed by atoms with E-state index in [1.807, 2.05) is 0 Å². The lowest BCUT2D eigenvalue weighted by Crippen LogP contribution is -2.43. The third-order valence-corrected chi connectivity index (χ3v) is 6.23. The van der Waals surface area contributed by atoms with Gasteiger partial charge in [-0.3, -0.25) is 0 Å². The Balaban J connectivity index is 2.27. The molecule has 0 saturated heterocycles. The van der Waals surface area contributed by atoms with Crippen LogP contribution in [0.1, 0.15) is 25.7 Å². The predicted molar refractivity (Wildman–Crippen MR) is 81.1 cm³/mol. The van der Waals surface area contributed by atoms with Gasteiger partial charge in [-0.25, -0.2) is 17.2 Å². The molecule has 22 heavy (non-hydrogen) atoms. The number of methoxy groups -OCH3 is 1. The molecule has 0 radical (unpaired) electrons. The Morgan fingerprint density at radius 1 is 1.27 bits per heavy atom. The van der Waals surface area contributed by atoms with Gasteiger partial charge in [0.2, 0.25) is 5.92 Å². The molecule has 1 aromatic rings. The Kier molecular flexibility index (Phi) is 4.85. The smallest absolute Gasteiger partial charge is 0.248 e. The summed E-state index contributed by atoms with van der Waals surface area (Å²) in [4.78, 5) is -0.0601. The first-order valence-electron chi connectivity index (χ1n) is 6.73. The maximum absolute atomic E-state index is 13.2. The number of halogens is 3. The highest BCUT2D eigenvalue weighted by molar-refractivity contribution is 9.10. The summed E-state index contributed by atoms with van der Waals surface area (Å²) in [6, 6.07) is 4.51. The summed E-state index contributed by atoms with van der Waals surface area (Å²) in [5.74, 6) is -3.26. The predicted octanol–water partition coefficient (Wildman–Crippen LogP) is 3.17. The van der Waals surface area contributed by atoms with E-state index < -0.39 is 40.0 Å². The van der Waals surface area contributed by atoms with Crippen LogP contribution in [-0.4, -0.2) is 37.9 Å². The van der Waals surface area contributed by atoms with E-state index >= 15 is 0 Å². The van der Waals surface area contributed by atoms with Crippen molar-refractivity contribution in [2.75, 3.05) is 12.9 Å². The fraction of sp³-hybridized carbons (Fsp3) is 0.571. The summed E-state index contributed by atoms with van der Waals surface area (Å²) in [6.45, 7) is 0. The third-order valence-electron chi connectivity index (χ3n) is 3.83. The van der Waals surface area contributed by atoms with Crippen LogP contribution >= 0.6 is 15.9 Å². The van der Waals surface area contributed by atoms with Gasteiger partial charge < -0.3 is 9.84 Å². The zero-order valence-corrected chi connectivity index (χ0v) is 14.4. The molecule has 2 rings (SSSR count). The van der Waals surface area contributed by atoms with Crippen molar-refractivity contribution in [2.24, 2.45) is 0 Å². The molecule has 0 aliphatic heterocycles. The Morgan fingerprint density at radius 2 is 1.86 bits per heavy atom. The molecule has 0 heterocycles. The third kappa shape index (κ3) is 3.97. The van der Waals surface area contributed by atoms with E-state index in [9.17, 15) is 22.3 Å². The van der Waals surface area contributed by atoms with Crippen LogP contribution in [0.2, 0.25) is 0 Å². The Hall–Kier alpha value is -0.730. The van der Waals surface area contributed by atoms with Gasteiger partial charge in [-0.15, -0.1) is 0 Å². The van der Waals surface area contributed by atoms with E-state index in [1.165, 1.54) is 19.2 Å². The van der Waals surface area contributed by atoms with Crippen LogP contribution in [0.4, 0.5) is 8.78 Å². The number of benzene rings is 1. The van der Waals surface area contributed by atoms with Gasteiger partial charge in [0.05, 0.1) is 18.5 Å². The second kappa shape index (κ2) is 6.05. The molecular formula is C14H17BrF2O4S. The topological polar surface area (TPSA) is 63.6 Å². The molecule has 0 unspecified atom stereocenters. The number of hydrogen-bond acceptors (Lipinski definition) is 4. The van der Waals surface area contributed by atoms with Crippen molar-refractivity contribution < 1.29 is 27.0 Å². The molecule has 1 aliphatic carbocycles. The summed E-state index contributed by atoms with van der Waals surface area (Å²) < 4.78 is 57.1. The molecule has 1 saturated carbocycles. The fourth-order valence-electron chi connectivity index (χ4n) is 2.55. The van der Waals surface area contributed by atoms with Crippen LogP contribution < -0.4 is 4.74 Å². The molecule has 4 nitrogen and oxygen atoms in total. The minimum Gasteiger partial charge on any atom is -0.495 e. The van der Waals surface area contributed by atoms with E-state index in [4.69, 9.17) is 4.74 Å². The van der Waals surface area contributed by atoms with Gasteiger partial charge in [0.25, 0.3) is 0 Å². The fourth-order valence-corrected chi connectivity index (χ4v) is 4.98. The number of hydrogen-bond donors (Lipinski definition) is 1. The molecular weight excluding hydrogens is 382 g/mol. The monoisotopic (exact) mass is 398 g/mol. The van der Waals surface area contributed by atoms with Crippen molar-refractivity contribution in [1.82, 2.24) is 0 Å². The Labute approximate surface area is 136 Å². The number of aliphatic hydroxyl groups is 1. The Morgan fingerprint density at radius 3 is 2.41 bits per heavy atom. The van der Waals surface area contributed by atoms with E-state index in [0.717, 1.165) is 0 Å². The lowest BCUT2D eigenvalue weighted by atomic mass is 9.84. The van der Waals surface area contributed by atoms with Crippen molar-refractivity contribution in [3.05, 3.63) is 22.7 Å². The molecule has 0 atom stereocenters. The highest BCUT2D eigenvalue weighted by atomic mass is 79.9. The van der Waals surface area contributed by atoms with Crippen molar-refractivity contribution in [3.8, 4) is 5.75 Å². The minimum absolute atomic E-state index is 0.0601. The molecule has 1 fully saturated rings. The molecule has 0 spiro atoms. The van der Waals surface area contributed by atoms with Crippen LogP contribution in [-0.2, 0) is 9.84 Å². The lowest BCUT2D eigenvalue weighted by Gasteiger charge is -2.35. The summed E-state index contributed by atoms with van der Waals surface area (Å²) in [5.41, 5.74) is -1.63. The van der Waals surface area contributed by atoms with Gasteiger partial charge >= 0.3 is 0 Å². The minimum atomic E-state index is -3.87. The first-order valence-corrected chi connectivity index (χ1v) is 9.18. The van der Waals surface area contributed by atoms with Crippen molar-refractivity contribution in [1.29, 1.82) is 0 Å². The molecule has 0 aromatic heterocycles. The zero-order chi connectivity index (χ0) is 16.6. The first kappa shape index (κ1) is 17.6. The highest BCUT2D eigenvalue weighted by Gasteiger charge is 2.45. The van der Waals surface area contributed by atoms with Crippen LogP contribution in [0.15, 0.2) is 27.6 Å². The van der Waals surface area contributed by atoms with Crippen LogP contribution in [0.3, 0.4) is 0 Å². The van der Waals surface area contributed by atoms with Gasteiger partial charge in [-0.1, -0.05) is 15.9 Å². The van der Waals surface area contributed by atoms with Gasteiger partial charge in [-0.2, -0.15) is 0 Å². The molecule has 1 aliphatic rings. The molecule has 1 N–H and O–H groups in total. The summed E-state index contributed by atoms with van der Waals surface area (Å²) in [5, 5.41) is 10.4. The molecule has 0 amide bonds. The molecule has 8 heteroatoms. The summed E-state index contributed by atoms with van der Waals surface area (Å²) in [7, 11) is -2.53. The number of rotatable bonds is 4. The first-order chi connectivity index (χ1) is 10.1. The number of alkyl halides is 2. The van der Waals surface area contributed by atoms with Crippen molar-refractivity contribution >= 4 is 25.8 Å². The molecule has 1 aromatic carbocycles. The number of sulfone groups is 1. The quantitative estimate of drug-likeness (QED) is 0.845. The summed E-state index contributed by atoms with van der Waals surface area (Å²) >= 11 is 3.19. The summed E-state index contributed by atoms with van der Waals surface area (Å²) in [6.07, 6.45) is -1.49. The van der Waals surface area contributed by atoms with Gasteiger partial charge in [0.1, 0.15) is 10.6 Å². The van der Waals surface area contributed by atoms with Gasteiger partial charge in [0, 0.05) is 17.3 Å². The molecule has 0 bridgehead atoms. The zero-order valence-electron chi connectivity index (χ0n) is 12.0. The van der Waals surface area contributed by atoms with E-state index in [1.54, 1.807) is 6.07 Å². The standard InChI is InChI=1S/C14H17BrF2O4S/c1-21-11-3-2-10(15)8-12(11)22(19,20)9-13(18)4-6-14(16,17)7-5-13/h2-3,8,18H,4-7,9H2,1H3. The maximum Gasteiger partial charge on any atom is 0.248 e. The van der Waals surface area contributed by atoms with Crippen molar-refractivity contribution in [3.63, 3.8) is 0 Å². The number of ether oxygens (including phenoxy) is 1. The normalized spacial score (nSPS) is 20.6. The van der Waals surface area contributed by atoms with E-state index in [0.29, 0.717) is 4.47 Å². The highest BCUT2D eigenvalue weighted by Crippen LogP contribution is 2.40. The van der Waals surface area contributed by atoms with Gasteiger partial charge in [-0.05, 0) is 31.0 Å². The maximum atomic E-state index is 13.2. The Bertz CT molecular complexity index is 651. The second-order valence-electron chi connectivity index (χ2n) is 5.63. The average Bonchev–Trinajstić information content (AvgIpc) is 2.42. The van der Waals surface area contributed by atoms with Crippen LogP contribution in [0.5, 0.6) is 5.75 Å². The SMILES string of the molecule is COc1ccc(Br)cc1S(=O)(=O)CC1(O)CCC(F)(F)CC1. The van der Waals surface area contributed by atoms with E-state index in [-0.39, 0.29) is 23.5 Å². The van der Waals surface area contributed by atoms with Crippen LogP contribution in [0, 0.1) is 0 Å². The lowest BCUT2D eigenvalue weighted by molar-refractivity contribution is -0.0945. The van der Waals surface area contributed by atoms with E-state index in [2.05, 4.69) is 15.9 Å². The van der Waals surface area contributed by atoms with Crippen molar-refractivity contribution in [2.45, 2.75) is 42.1 Å². The van der Waals surface area contributed by atoms with Gasteiger partial charge in [0.15, 0.2) is 9.84 Å².